The van der Waals surface area contributed by atoms with Crippen LogP contribution in [0.3, 0.4) is 0 Å². The van der Waals surface area contributed by atoms with Crippen LogP contribution in [0.2, 0.25) is 0 Å². The van der Waals surface area contributed by atoms with Crippen LogP contribution in [0.15, 0.2) is 24.3 Å². The Bertz CT molecular complexity index is 871. The second kappa shape index (κ2) is 52.2. The molecule has 0 aliphatic heterocycles. The van der Waals surface area contributed by atoms with Crippen molar-refractivity contribution in [1.82, 2.24) is 5.32 Å². The van der Waals surface area contributed by atoms with Crippen molar-refractivity contribution in [3.8, 4) is 0 Å². The number of hydrogen-bond donors (Lipinski definition) is 3. The summed E-state index contributed by atoms with van der Waals surface area (Å²) >= 11 is 0. The number of nitrogens with one attached hydrogen (secondary N) is 1. The molecule has 0 radical (unpaired) electrons. The number of unbranched alkanes of at least 4 members (excludes halogenated alkanes) is 40. The van der Waals surface area contributed by atoms with Crippen LogP contribution in [-0.4, -0.2) is 34.9 Å². The average Bonchev–Trinajstić information content (AvgIpc) is 3.25. The summed E-state index contributed by atoms with van der Waals surface area (Å²) in [6.07, 6.45) is 68.7. The van der Waals surface area contributed by atoms with Crippen LogP contribution in [0.4, 0.5) is 0 Å². The first-order chi connectivity index (χ1) is 29.7. The van der Waals surface area contributed by atoms with Gasteiger partial charge >= 0.3 is 0 Å². The van der Waals surface area contributed by atoms with E-state index >= 15 is 0 Å². The molecule has 0 saturated carbocycles. The Morgan fingerprint density at radius 3 is 1.00 bits per heavy atom. The number of carbonyl (C=O) groups is 1. The highest BCUT2D eigenvalue weighted by Crippen LogP contribution is 2.17. The standard InChI is InChI=1S/C56H109NO3/c1-3-5-7-9-11-13-15-17-19-21-23-25-27-28-30-31-33-35-37-39-41-43-45-47-49-51-55(59)54(53-58)57-56(60)52-50-48-46-44-42-40-38-36-34-32-29-26-24-22-20-18-16-14-12-10-8-6-4-2/h24,26,32,34,54-55,58-59H,3-23,25,27-31,33,35-53H2,1-2H3,(H,57,60)/b26-24-,34-32-. The van der Waals surface area contributed by atoms with Gasteiger partial charge in [0.2, 0.25) is 5.91 Å². The maximum atomic E-state index is 12.5. The molecule has 0 aliphatic rings. The number of hydrogen-bond acceptors (Lipinski definition) is 3. The van der Waals surface area contributed by atoms with E-state index in [9.17, 15) is 15.0 Å². The molecule has 4 heteroatoms. The highest BCUT2D eigenvalue weighted by atomic mass is 16.3. The van der Waals surface area contributed by atoms with Crippen LogP contribution in [0, 0.1) is 0 Å². The smallest absolute Gasteiger partial charge is 0.220 e. The molecule has 0 aliphatic carbocycles. The first-order valence-corrected chi connectivity index (χ1v) is 27.5. The summed E-state index contributed by atoms with van der Waals surface area (Å²) in [5.41, 5.74) is 0. The molecule has 0 heterocycles. The van der Waals surface area contributed by atoms with Crippen LogP contribution in [0.5, 0.6) is 0 Å². The summed E-state index contributed by atoms with van der Waals surface area (Å²) in [5.74, 6) is -0.0342. The lowest BCUT2D eigenvalue weighted by Crippen LogP contribution is -2.45. The largest absolute Gasteiger partial charge is 0.394 e. The van der Waals surface area contributed by atoms with Gasteiger partial charge in [0, 0.05) is 6.42 Å². The second-order valence-electron chi connectivity index (χ2n) is 19.0. The van der Waals surface area contributed by atoms with Crippen molar-refractivity contribution in [2.75, 3.05) is 6.61 Å². The molecular formula is C56H109NO3. The van der Waals surface area contributed by atoms with Gasteiger partial charge in [-0.25, -0.2) is 0 Å². The minimum Gasteiger partial charge on any atom is -0.394 e. The quantitative estimate of drug-likeness (QED) is 0.0422. The van der Waals surface area contributed by atoms with Gasteiger partial charge in [0.1, 0.15) is 0 Å². The predicted octanol–water partition coefficient (Wildman–Crippen LogP) is 17.9. The molecule has 60 heavy (non-hydrogen) atoms. The zero-order chi connectivity index (χ0) is 43.5. The van der Waals surface area contributed by atoms with Gasteiger partial charge in [-0.05, 0) is 44.9 Å². The molecule has 3 N–H and O–H groups in total. The van der Waals surface area contributed by atoms with Crippen molar-refractivity contribution in [2.24, 2.45) is 0 Å². The van der Waals surface area contributed by atoms with E-state index in [4.69, 9.17) is 0 Å². The van der Waals surface area contributed by atoms with Crippen LogP contribution >= 0.6 is 0 Å². The molecule has 0 saturated heterocycles. The Morgan fingerprint density at radius 1 is 0.400 bits per heavy atom. The Labute approximate surface area is 377 Å². The summed E-state index contributed by atoms with van der Waals surface area (Å²) < 4.78 is 0. The average molecular weight is 844 g/mol. The summed E-state index contributed by atoms with van der Waals surface area (Å²) in [7, 11) is 0. The number of allylic oxidation sites excluding steroid dienone is 4. The van der Waals surface area contributed by atoms with E-state index in [0.29, 0.717) is 12.8 Å². The fourth-order valence-electron chi connectivity index (χ4n) is 8.75. The SMILES string of the molecule is CCCCCCCCCCC/C=C\C/C=C\CCCCCCCCCC(=O)NC(CO)C(O)CCCCCCCCCCCCCCCCCCCCCCCCCCC. The molecule has 0 spiro atoms. The van der Waals surface area contributed by atoms with Gasteiger partial charge in [0.15, 0.2) is 0 Å². The Morgan fingerprint density at radius 2 is 0.683 bits per heavy atom. The van der Waals surface area contributed by atoms with Gasteiger partial charge in [-0.2, -0.15) is 0 Å². The second-order valence-corrected chi connectivity index (χ2v) is 19.0. The van der Waals surface area contributed by atoms with E-state index in [1.54, 1.807) is 0 Å². The number of amides is 1. The lowest BCUT2D eigenvalue weighted by atomic mass is 10.0. The monoisotopic (exact) mass is 844 g/mol. The van der Waals surface area contributed by atoms with Crippen LogP contribution in [-0.2, 0) is 4.79 Å². The summed E-state index contributed by atoms with van der Waals surface area (Å²) in [5, 5.41) is 23.3. The number of aliphatic hydroxyl groups is 2. The van der Waals surface area contributed by atoms with Crippen molar-refractivity contribution >= 4 is 5.91 Å². The van der Waals surface area contributed by atoms with Crippen LogP contribution in [0.1, 0.15) is 309 Å². The molecule has 356 valence electrons. The normalized spacial score (nSPS) is 12.9. The summed E-state index contributed by atoms with van der Waals surface area (Å²) in [6, 6.07) is -0.540. The van der Waals surface area contributed by atoms with Gasteiger partial charge in [0.05, 0.1) is 18.8 Å². The van der Waals surface area contributed by atoms with Crippen molar-refractivity contribution in [3.63, 3.8) is 0 Å². The van der Waals surface area contributed by atoms with E-state index in [0.717, 1.165) is 32.1 Å². The molecule has 0 bridgehead atoms. The first-order valence-electron chi connectivity index (χ1n) is 27.5. The van der Waals surface area contributed by atoms with Crippen LogP contribution in [0.25, 0.3) is 0 Å². The zero-order valence-electron chi connectivity index (χ0n) is 41.0. The van der Waals surface area contributed by atoms with Gasteiger partial charge in [0.25, 0.3) is 0 Å². The number of carbonyl (C=O) groups excluding carboxylic acids is 1. The van der Waals surface area contributed by atoms with Gasteiger partial charge in [-0.15, -0.1) is 0 Å². The van der Waals surface area contributed by atoms with Crippen molar-refractivity contribution in [2.45, 2.75) is 321 Å². The fourth-order valence-corrected chi connectivity index (χ4v) is 8.75. The van der Waals surface area contributed by atoms with Gasteiger partial charge < -0.3 is 15.5 Å². The van der Waals surface area contributed by atoms with E-state index < -0.39 is 12.1 Å². The molecule has 1 amide bonds. The Hall–Kier alpha value is -1.13. The minimum absolute atomic E-state index is 0.0342. The third-order valence-corrected chi connectivity index (χ3v) is 13.0. The summed E-state index contributed by atoms with van der Waals surface area (Å²) in [4.78, 5) is 12.5. The van der Waals surface area contributed by atoms with Crippen LogP contribution < -0.4 is 5.32 Å². The van der Waals surface area contributed by atoms with Crippen molar-refractivity contribution < 1.29 is 15.0 Å². The third kappa shape index (κ3) is 47.9. The highest BCUT2D eigenvalue weighted by molar-refractivity contribution is 5.76. The topological polar surface area (TPSA) is 69.6 Å². The third-order valence-electron chi connectivity index (χ3n) is 13.0. The molecule has 2 atom stereocenters. The zero-order valence-corrected chi connectivity index (χ0v) is 41.0. The maximum Gasteiger partial charge on any atom is 0.220 e. The van der Waals surface area contributed by atoms with Crippen molar-refractivity contribution in [3.05, 3.63) is 24.3 Å². The Balaban J connectivity index is 3.46. The Kier molecular flexibility index (Phi) is 51.2. The molecule has 2 unspecified atom stereocenters. The maximum absolute atomic E-state index is 12.5. The molecular weight excluding hydrogens is 735 g/mol. The van der Waals surface area contributed by atoms with Crippen molar-refractivity contribution in [1.29, 1.82) is 0 Å². The molecule has 4 nitrogen and oxygen atoms in total. The van der Waals surface area contributed by atoms with Gasteiger partial charge in [-0.1, -0.05) is 282 Å². The molecule has 0 aromatic rings. The summed E-state index contributed by atoms with van der Waals surface area (Å²) in [6.45, 7) is 4.39. The lowest BCUT2D eigenvalue weighted by molar-refractivity contribution is -0.123. The predicted molar refractivity (Wildman–Crippen MR) is 267 cm³/mol. The molecule has 0 aromatic carbocycles. The van der Waals surface area contributed by atoms with E-state index in [2.05, 4.69) is 43.5 Å². The number of aliphatic hydroxyl groups excluding tert-OH is 2. The highest BCUT2D eigenvalue weighted by Gasteiger charge is 2.20. The lowest BCUT2D eigenvalue weighted by Gasteiger charge is -2.22. The first kappa shape index (κ1) is 58.9. The molecule has 0 aromatic heterocycles. The molecule has 0 rings (SSSR count). The van der Waals surface area contributed by atoms with Gasteiger partial charge in [-0.3, -0.25) is 4.79 Å². The minimum atomic E-state index is -0.663. The fraction of sp³-hybridized carbons (Fsp3) is 0.911. The molecule has 0 fully saturated rings. The van der Waals surface area contributed by atoms with E-state index in [-0.39, 0.29) is 12.5 Å². The van der Waals surface area contributed by atoms with E-state index in [1.165, 1.54) is 250 Å². The number of rotatable bonds is 51. The van der Waals surface area contributed by atoms with E-state index in [1.807, 2.05) is 0 Å².